The van der Waals surface area contributed by atoms with Crippen molar-refractivity contribution in [3.8, 4) is 0 Å². The molecule has 0 aliphatic rings. The Labute approximate surface area is 68.2 Å². The van der Waals surface area contributed by atoms with E-state index in [9.17, 15) is 13.2 Å². The van der Waals surface area contributed by atoms with Crippen molar-refractivity contribution in [3.63, 3.8) is 0 Å². The van der Waals surface area contributed by atoms with Gasteiger partial charge in [0, 0.05) is 6.20 Å². The van der Waals surface area contributed by atoms with Gasteiger partial charge in [-0.05, 0) is 18.1 Å². The summed E-state index contributed by atoms with van der Waals surface area (Å²) in [6.07, 6.45) is -1.84. The van der Waals surface area contributed by atoms with Crippen molar-refractivity contribution < 1.29 is 13.2 Å². The highest BCUT2D eigenvalue weighted by molar-refractivity contribution is 5.28. The Morgan fingerprint density at radius 2 is 2.08 bits per heavy atom. The van der Waals surface area contributed by atoms with Gasteiger partial charge < -0.3 is 0 Å². The predicted molar refractivity (Wildman–Crippen MR) is 38.3 cm³/mol. The van der Waals surface area contributed by atoms with Gasteiger partial charge in [-0.1, -0.05) is 13.0 Å². The summed E-state index contributed by atoms with van der Waals surface area (Å²) >= 11 is 0. The zero-order chi connectivity index (χ0) is 9.19. The summed E-state index contributed by atoms with van der Waals surface area (Å²) in [4.78, 5) is 3.26. The third-order valence-corrected chi connectivity index (χ3v) is 1.42. The third-order valence-electron chi connectivity index (χ3n) is 1.42. The summed E-state index contributed by atoms with van der Waals surface area (Å²) in [6.45, 7) is 1.55. The Morgan fingerprint density at radius 3 is 2.50 bits per heavy atom. The molecule has 0 bridgehead atoms. The van der Waals surface area contributed by atoms with Crippen molar-refractivity contribution in [3.05, 3.63) is 36.0 Å². The lowest BCUT2D eigenvalue weighted by Crippen LogP contribution is -2.10. The van der Waals surface area contributed by atoms with Crippen LogP contribution in [0.15, 0.2) is 18.3 Å². The van der Waals surface area contributed by atoms with Crippen LogP contribution < -0.4 is 0 Å². The van der Waals surface area contributed by atoms with Crippen LogP contribution in [0.2, 0.25) is 0 Å². The quantitative estimate of drug-likeness (QED) is 0.637. The first kappa shape index (κ1) is 9.03. The van der Waals surface area contributed by atoms with Gasteiger partial charge in [-0.15, -0.1) is 0 Å². The normalized spacial score (nSPS) is 11.7. The zero-order valence-corrected chi connectivity index (χ0v) is 6.39. The number of hydrogen-bond acceptors (Lipinski definition) is 1. The maximum absolute atomic E-state index is 12.2. The molecule has 0 aliphatic carbocycles. The van der Waals surface area contributed by atoms with E-state index in [1.807, 2.05) is 0 Å². The molecule has 0 aromatic carbocycles. The first-order valence-corrected chi connectivity index (χ1v) is 3.37. The summed E-state index contributed by atoms with van der Waals surface area (Å²) in [6, 6.07) is 2.86. The monoisotopic (exact) mass is 174 g/mol. The number of hydrogen-bond donors (Lipinski definition) is 0. The number of aromatic nitrogens is 1. The molecule has 12 heavy (non-hydrogen) atoms. The second kappa shape index (κ2) is 3.13. The topological polar surface area (TPSA) is 12.9 Å². The molecule has 0 aliphatic heterocycles. The van der Waals surface area contributed by atoms with E-state index in [1.54, 1.807) is 6.92 Å². The molecule has 0 spiro atoms. The van der Waals surface area contributed by atoms with Crippen molar-refractivity contribution in [2.45, 2.75) is 13.1 Å². The smallest absolute Gasteiger partial charge is 0.252 e. The maximum Gasteiger partial charge on any atom is 0.433 e. The van der Waals surface area contributed by atoms with Crippen LogP contribution in [0.1, 0.15) is 18.2 Å². The molecular formula is C8H7F3N. The average molecular weight is 174 g/mol. The molecule has 1 radical (unpaired) electrons. The molecule has 0 atom stereocenters. The van der Waals surface area contributed by atoms with Crippen LogP contribution in [0, 0.1) is 6.42 Å². The third kappa shape index (κ3) is 1.75. The van der Waals surface area contributed by atoms with E-state index in [0.717, 1.165) is 6.20 Å². The first-order valence-electron chi connectivity index (χ1n) is 3.37. The van der Waals surface area contributed by atoms with E-state index in [1.165, 1.54) is 18.6 Å². The van der Waals surface area contributed by atoms with Crippen molar-refractivity contribution in [1.29, 1.82) is 0 Å². The molecule has 0 fully saturated rings. The van der Waals surface area contributed by atoms with Crippen molar-refractivity contribution in [1.82, 2.24) is 4.98 Å². The highest BCUT2D eigenvalue weighted by atomic mass is 19.4. The lowest BCUT2D eigenvalue weighted by atomic mass is 10.1. The fourth-order valence-corrected chi connectivity index (χ4v) is 0.888. The SMILES string of the molecule is C[CH]c1cccnc1C(F)(F)F. The molecule has 1 nitrogen and oxygen atoms in total. The first-order chi connectivity index (χ1) is 5.55. The molecule has 1 heterocycles. The van der Waals surface area contributed by atoms with Crippen LogP contribution in [-0.4, -0.2) is 4.98 Å². The lowest BCUT2D eigenvalue weighted by Gasteiger charge is -2.08. The fourth-order valence-electron chi connectivity index (χ4n) is 0.888. The molecule has 1 aromatic rings. The van der Waals surface area contributed by atoms with Gasteiger partial charge in [0.25, 0.3) is 0 Å². The lowest BCUT2D eigenvalue weighted by molar-refractivity contribution is -0.141. The van der Waals surface area contributed by atoms with Gasteiger partial charge in [0.05, 0.1) is 0 Å². The molecule has 1 aromatic heterocycles. The van der Waals surface area contributed by atoms with Crippen LogP contribution in [0.4, 0.5) is 13.2 Å². The minimum absolute atomic E-state index is 0.116. The van der Waals surface area contributed by atoms with Gasteiger partial charge in [-0.2, -0.15) is 13.2 Å². The Bertz CT molecular complexity index is 267. The molecule has 4 heteroatoms. The van der Waals surface area contributed by atoms with Crippen molar-refractivity contribution >= 4 is 0 Å². The number of rotatable bonds is 1. The number of halogens is 3. The molecule has 65 valence electrons. The maximum atomic E-state index is 12.2. The Hall–Kier alpha value is -1.06. The number of alkyl halides is 3. The van der Waals surface area contributed by atoms with E-state index >= 15 is 0 Å². The van der Waals surface area contributed by atoms with Crippen LogP contribution in [0.3, 0.4) is 0 Å². The molecule has 0 N–H and O–H groups in total. The molecule has 0 saturated heterocycles. The summed E-state index contributed by atoms with van der Waals surface area (Å²) in [5, 5.41) is 0. The largest absolute Gasteiger partial charge is 0.433 e. The second-order valence-electron chi connectivity index (χ2n) is 2.23. The summed E-state index contributed by atoms with van der Waals surface area (Å²) in [7, 11) is 0. The number of nitrogens with zero attached hydrogens (tertiary/aromatic N) is 1. The van der Waals surface area contributed by atoms with Gasteiger partial charge in [-0.25, -0.2) is 0 Å². The van der Waals surface area contributed by atoms with E-state index in [2.05, 4.69) is 4.98 Å². The van der Waals surface area contributed by atoms with Gasteiger partial charge in [-0.3, -0.25) is 4.98 Å². The summed E-state index contributed by atoms with van der Waals surface area (Å²) < 4.78 is 36.5. The summed E-state index contributed by atoms with van der Waals surface area (Å²) in [5.41, 5.74) is -0.711. The predicted octanol–water partition coefficient (Wildman–Crippen LogP) is 2.67. The minimum atomic E-state index is -4.36. The highest BCUT2D eigenvalue weighted by Gasteiger charge is 2.34. The summed E-state index contributed by atoms with van der Waals surface area (Å²) in [5.74, 6) is 0. The standard InChI is InChI=1S/C8H7F3N/c1-2-6-4-3-5-12-7(6)8(9,10)11/h2-5H,1H3. The van der Waals surface area contributed by atoms with E-state index in [-0.39, 0.29) is 5.56 Å². The van der Waals surface area contributed by atoms with E-state index < -0.39 is 11.9 Å². The zero-order valence-electron chi connectivity index (χ0n) is 6.39. The average Bonchev–Trinajstić information content (AvgIpc) is 2.03. The Morgan fingerprint density at radius 1 is 1.42 bits per heavy atom. The van der Waals surface area contributed by atoms with Crippen LogP contribution in [-0.2, 0) is 6.18 Å². The Kier molecular flexibility index (Phi) is 2.35. The Balaban J connectivity index is 3.14. The van der Waals surface area contributed by atoms with Crippen LogP contribution in [0.25, 0.3) is 0 Å². The van der Waals surface area contributed by atoms with Crippen molar-refractivity contribution in [2.24, 2.45) is 0 Å². The highest BCUT2D eigenvalue weighted by Crippen LogP contribution is 2.30. The molecule has 0 saturated carbocycles. The van der Waals surface area contributed by atoms with E-state index in [0.29, 0.717) is 0 Å². The van der Waals surface area contributed by atoms with Crippen molar-refractivity contribution in [2.75, 3.05) is 0 Å². The molecule has 0 unspecified atom stereocenters. The number of pyridine rings is 1. The fraction of sp³-hybridized carbons (Fsp3) is 0.250. The van der Waals surface area contributed by atoms with Crippen LogP contribution in [0.5, 0.6) is 0 Å². The second-order valence-corrected chi connectivity index (χ2v) is 2.23. The van der Waals surface area contributed by atoms with Crippen LogP contribution >= 0.6 is 0 Å². The van der Waals surface area contributed by atoms with E-state index in [4.69, 9.17) is 0 Å². The molecular weight excluding hydrogens is 167 g/mol. The van der Waals surface area contributed by atoms with Gasteiger partial charge in [0.1, 0.15) is 5.69 Å². The van der Waals surface area contributed by atoms with Gasteiger partial charge >= 0.3 is 6.18 Å². The molecule has 0 amide bonds. The van der Waals surface area contributed by atoms with Gasteiger partial charge in [0.2, 0.25) is 0 Å². The molecule has 1 rings (SSSR count). The minimum Gasteiger partial charge on any atom is -0.252 e. The van der Waals surface area contributed by atoms with Gasteiger partial charge in [0.15, 0.2) is 0 Å².